The van der Waals surface area contributed by atoms with E-state index in [9.17, 15) is 4.79 Å². The lowest BCUT2D eigenvalue weighted by atomic mass is 9.89. The summed E-state index contributed by atoms with van der Waals surface area (Å²) >= 11 is 0. The number of rotatable bonds is 3. The first-order valence-electron chi connectivity index (χ1n) is 7.14. The molecule has 1 aliphatic carbocycles. The van der Waals surface area contributed by atoms with Gasteiger partial charge < -0.3 is 14.8 Å². The van der Waals surface area contributed by atoms with E-state index in [2.05, 4.69) is 15.5 Å². The number of ether oxygens (including phenoxy) is 2. The van der Waals surface area contributed by atoms with Crippen LogP contribution in [0.2, 0.25) is 0 Å². The van der Waals surface area contributed by atoms with Crippen molar-refractivity contribution in [1.29, 1.82) is 0 Å². The zero-order valence-corrected chi connectivity index (χ0v) is 12.1. The van der Waals surface area contributed by atoms with Gasteiger partial charge in [-0.15, -0.1) is 0 Å². The number of carbonyl (C=O) groups excluding carboxylic acids is 1. The average Bonchev–Trinajstić information content (AvgIpc) is 2.76. The highest BCUT2D eigenvalue weighted by Crippen LogP contribution is 2.30. The second-order valence-electron chi connectivity index (χ2n) is 5.76. The standard InChI is InChI=1S/C14H21N3O3/c1-7-4-11-12(8(2)20-7)16-17-13(11)14(18)15-9-5-10(6-9)19-3/h7-10H,4-6H2,1-3H3,(H,15,18)(H,16,17)/t7-,8+,9?,10?/m0/s1. The van der Waals surface area contributed by atoms with Gasteiger partial charge in [0.25, 0.3) is 5.91 Å². The molecule has 110 valence electrons. The number of H-pyrrole nitrogens is 1. The Balaban J connectivity index is 1.70. The van der Waals surface area contributed by atoms with Gasteiger partial charge in [-0.1, -0.05) is 0 Å². The molecular weight excluding hydrogens is 258 g/mol. The van der Waals surface area contributed by atoms with E-state index < -0.39 is 0 Å². The monoisotopic (exact) mass is 279 g/mol. The lowest BCUT2D eigenvalue weighted by Gasteiger charge is -2.34. The fraction of sp³-hybridized carbons (Fsp3) is 0.714. The van der Waals surface area contributed by atoms with Crippen LogP contribution in [-0.2, 0) is 15.9 Å². The predicted octanol–water partition coefficient (Wildman–Crippen LogP) is 1.34. The first-order valence-corrected chi connectivity index (χ1v) is 7.14. The zero-order valence-electron chi connectivity index (χ0n) is 12.1. The zero-order chi connectivity index (χ0) is 14.3. The molecule has 0 bridgehead atoms. The third kappa shape index (κ3) is 2.33. The average molecular weight is 279 g/mol. The normalized spacial score (nSPS) is 32.4. The highest BCUT2D eigenvalue weighted by molar-refractivity contribution is 5.94. The van der Waals surface area contributed by atoms with Crippen LogP contribution in [0.25, 0.3) is 0 Å². The van der Waals surface area contributed by atoms with Gasteiger partial charge in [0.2, 0.25) is 0 Å². The van der Waals surface area contributed by atoms with Gasteiger partial charge in [0, 0.05) is 25.1 Å². The smallest absolute Gasteiger partial charge is 0.272 e. The van der Waals surface area contributed by atoms with E-state index in [1.54, 1.807) is 7.11 Å². The molecule has 0 radical (unpaired) electrons. The number of aromatic amines is 1. The fourth-order valence-electron chi connectivity index (χ4n) is 2.99. The maximum atomic E-state index is 12.3. The van der Waals surface area contributed by atoms with Crippen molar-refractivity contribution >= 4 is 5.91 Å². The molecule has 0 unspecified atom stereocenters. The van der Waals surface area contributed by atoms with Gasteiger partial charge in [0.1, 0.15) is 0 Å². The molecule has 1 amide bonds. The van der Waals surface area contributed by atoms with E-state index in [4.69, 9.17) is 9.47 Å². The van der Waals surface area contributed by atoms with Crippen LogP contribution in [0.15, 0.2) is 0 Å². The molecule has 0 spiro atoms. The van der Waals surface area contributed by atoms with Crippen LogP contribution in [0, 0.1) is 0 Å². The van der Waals surface area contributed by atoms with Crippen molar-refractivity contribution in [2.45, 2.75) is 57.5 Å². The molecule has 0 saturated heterocycles. The topological polar surface area (TPSA) is 76.2 Å². The Morgan fingerprint density at radius 2 is 2.20 bits per heavy atom. The minimum absolute atomic E-state index is 0.0376. The van der Waals surface area contributed by atoms with E-state index in [-0.39, 0.29) is 30.3 Å². The Hall–Kier alpha value is -1.40. The van der Waals surface area contributed by atoms with Crippen LogP contribution in [-0.4, -0.2) is 41.5 Å². The molecule has 1 fully saturated rings. The first kappa shape index (κ1) is 13.6. The van der Waals surface area contributed by atoms with Gasteiger partial charge >= 0.3 is 0 Å². The van der Waals surface area contributed by atoms with Gasteiger partial charge in [0.05, 0.1) is 24.0 Å². The molecular formula is C14H21N3O3. The summed E-state index contributed by atoms with van der Waals surface area (Å²) in [7, 11) is 1.70. The SMILES string of the molecule is COC1CC(NC(=O)c2n[nH]c3c2C[C@H](C)O[C@@H]3C)C1. The van der Waals surface area contributed by atoms with Crippen LogP contribution < -0.4 is 5.32 Å². The van der Waals surface area contributed by atoms with E-state index in [0.717, 1.165) is 30.5 Å². The fourth-order valence-corrected chi connectivity index (χ4v) is 2.99. The number of hydrogen-bond donors (Lipinski definition) is 2. The summed E-state index contributed by atoms with van der Waals surface area (Å²) in [5.41, 5.74) is 2.44. The highest BCUT2D eigenvalue weighted by Gasteiger charge is 2.33. The molecule has 2 N–H and O–H groups in total. The quantitative estimate of drug-likeness (QED) is 0.875. The number of fused-ring (bicyclic) bond motifs is 1. The number of hydrogen-bond acceptors (Lipinski definition) is 4. The number of nitrogens with one attached hydrogen (secondary N) is 2. The van der Waals surface area contributed by atoms with Crippen molar-refractivity contribution in [3.05, 3.63) is 17.0 Å². The van der Waals surface area contributed by atoms with E-state index >= 15 is 0 Å². The van der Waals surface area contributed by atoms with Gasteiger partial charge in [-0.3, -0.25) is 9.89 Å². The molecule has 2 aliphatic rings. The number of nitrogens with zero attached hydrogens (tertiary/aromatic N) is 1. The molecule has 1 aromatic rings. The molecule has 1 aliphatic heterocycles. The Morgan fingerprint density at radius 3 is 2.90 bits per heavy atom. The lowest BCUT2D eigenvalue weighted by molar-refractivity contribution is -0.00700. The molecule has 6 nitrogen and oxygen atoms in total. The number of carbonyl (C=O) groups is 1. The van der Waals surface area contributed by atoms with Crippen LogP contribution in [0.3, 0.4) is 0 Å². The van der Waals surface area contributed by atoms with Crippen molar-refractivity contribution in [2.24, 2.45) is 0 Å². The van der Waals surface area contributed by atoms with Crippen molar-refractivity contribution in [1.82, 2.24) is 15.5 Å². The largest absolute Gasteiger partial charge is 0.381 e. The first-order chi connectivity index (χ1) is 9.58. The van der Waals surface area contributed by atoms with E-state index in [1.807, 2.05) is 13.8 Å². The third-order valence-electron chi connectivity index (χ3n) is 4.21. The van der Waals surface area contributed by atoms with Crippen molar-refractivity contribution in [2.75, 3.05) is 7.11 Å². The second kappa shape index (κ2) is 5.18. The van der Waals surface area contributed by atoms with Gasteiger partial charge in [-0.25, -0.2) is 0 Å². The van der Waals surface area contributed by atoms with Crippen LogP contribution in [0.1, 0.15) is 54.5 Å². The summed E-state index contributed by atoms with van der Waals surface area (Å²) < 4.78 is 10.9. The summed E-state index contributed by atoms with van der Waals surface area (Å²) in [4.78, 5) is 12.3. The molecule has 3 rings (SSSR count). The van der Waals surface area contributed by atoms with Crippen LogP contribution >= 0.6 is 0 Å². The van der Waals surface area contributed by atoms with Crippen molar-refractivity contribution in [3.8, 4) is 0 Å². The summed E-state index contributed by atoms with van der Waals surface area (Å²) in [6.45, 7) is 3.99. The van der Waals surface area contributed by atoms with Gasteiger partial charge in [0.15, 0.2) is 5.69 Å². The lowest BCUT2D eigenvalue weighted by Crippen LogP contribution is -2.47. The summed E-state index contributed by atoms with van der Waals surface area (Å²) in [5, 5.41) is 10.2. The Kier molecular flexibility index (Phi) is 3.52. The molecule has 1 aromatic heterocycles. The van der Waals surface area contributed by atoms with E-state index in [0.29, 0.717) is 5.69 Å². The van der Waals surface area contributed by atoms with Crippen molar-refractivity contribution < 1.29 is 14.3 Å². The molecule has 2 heterocycles. The van der Waals surface area contributed by atoms with Crippen LogP contribution in [0.4, 0.5) is 0 Å². The maximum Gasteiger partial charge on any atom is 0.272 e. The minimum atomic E-state index is -0.0941. The van der Waals surface area contributed by atoms with Gasteiger partial charge in [-0.2, -0.15) is 5.10 Å². The number of aromatic nitrogens is 2. The summed E-state index contributed by atoms with van der Waals surface area (Å²) in [6, 6.07) is 0.203. The van der Waals surface area contributed by atoms with Gasteiger partial charge in [-0.05, 0) is 26.7 Å². The highest BCUT2D eigenvalue weighted by atomic mass is 16.5. The molecule has 1 saturated carbocycles. The Morgan fingerprint density at radius 1 is 1.45 bits per heavy atom. The summed E-state index contributed by atoms with van der Waals surface area (Å²) in [6.07, 6.45) is 2.84. The molecule has 2 atom stereocenters. The second-order valence-corrected chi connectivity index (χ2v) is 5.76. The number of methoxy groups -OCH3 is 1. The minimum Gasteiger partial charge on any atom is -0.381 e. The Labute approximate surface area is 118 Å². The molecule has 0 aromatic carbocycles. The summed E-state index contributed by atoms with van der Waals surface area (Å²) in [5.74, 6) is -0.0941. The number of amides is 1. The predicted molar refractivity (Wildman–Crippen MR) is 72.5 cm³/mol. The van der Waals surface area contributed by atoms with Crippen LogP contribution in [0.5, 0.6) is 0 Å². The maximum absolute atomic E-state index is 12.3. The molecule has 20 heavy (non-hydrogen) atoms. The Bertz CT molecular complexity index is 508. The molecule has 6 heteroatoms. The van der Waals surface area contributed by atoms with E-state index in [1.165, 1.54) is 0 Å². The van der Waals surface area contributed by atoms with Crippen molar-refractivity contribution in [3.63, 3.8) is 0 Å². The third-order valence-corrected chi connectivity index (χ3v) is 4.21.